The van der Waals surface area contributed by atoms with Gasteiger partial charge < -0.3 is 14.6 Å². The number of para-hydroxylation sites is 2. The molecule has 33 heavy (non-hydrogen) atoms. The number of halogens is 1. The molecule has 1 heterocycles. The second-order valence-electron chi connectivity index (χ2n) is 9.13. The molecule has 0 spiro atoms. The Kier molecular flexibility index (Phi) is 6.17. The van der Waals surface area contributed by atoms with Crippen LogP contribution < -0.4 is 10.1 Å². The Balaban J connectivity index is 1.75. The molecule has 0 fully saturated rings. The maximum Gasteiger partial charge on any atom is 0.247 e. The molecule has 4 rings (SSSR count). The number of methoxy groups -OCH3 is 1. The monoisotopic (exact) mass is 461 g/mol. The van der Waals surface area contributed by atoms with Crippen molar-refractivity contribution >= 4 is 34.2 Å². The van der Waals surface area contributed by atoms with Gasteiger partial charge in [0.05, 0.1) is 23.8 Å². The van der Waals surface area contributed by atoms with Gasteiger partial charge in [-0.2, -0.15) is 0 Å². The number of fused-ring (bicyclic) bond motifs is 1. The topological polar surface area (TPSA) is 56.1 Å². The van der Waals surface area contributed by atoms with Gasteiger partial charge >= 0.3 is 0 Å². The van der Waals surface area contributed by atoms with Gasteiger partial charge in [-0.3, -0.25) is 4.79 Å². The van der Waals surface area contributed by atoms with Gasteiger partial charge in [0.15, 0.2) is 0 Å². The van der Waals surface area contributed by atoms with E-state index in [2.05, 4.69) is 50.4 Å². The molecule has 1 atom stereocenters. The highest BCUT2D eigenvalue weighted by Crippen LogP contribution is 2.32. The van der Waals surface area contributed by atoms with Gasteiger partial charge in [-0.15, -0.1) is 0 Å². The summed E-state index contributed by atoms with van der Waals surface area (Å²) < 4.78 is 7.36. The minimum Gasteiger partial charge on any atom is -0.495 e. The minimum atomic E-state index is -0.529. The second kappa shape index (κ2) is 8.91. The molecule has 4 aromatic rings. The summed E-state index contributed by atoms with van der Waals surface area (Å²) >= 11 is 6.14. The van der Waals surface area contributed by atoms with E-state index in [0.29, 0.717) is 16.5 Å². The number of imidazole rings is 1. The van der Waals surface area contributed by atoms with Crippen molar-refractivity contribution in [2.45, 2.75) is 39.2 Å². The number of benzene rings is 3. The summed E-state index contributed by atoms with van der Waals surface area (Å²) in [7, 11) is 1.56. The van der Waals surface area contributed by atoms with Crippen LogP contribution in [0.15, 0.2) is 66.7 Å². The molecule has 1 N–H and O–H groups in total. The molecule has 0 aliphatic heterocycles. The van der Waals surface area contributed by atoms with Crippen molar-refractivity contribution in [3.05, 3.63) is 77.3 Å². The summed E-state index contributed by atoms with van der Waals surface area (Å²) in [5.41, 5.74) is 4.52. The summed E-state index contributed by atoms with van der Waals surface area (Å²) in [6, 6.07) is 20.9. The van der Waals surface area contributed by atoms with Crippen LogP contribution in [0, 0.1) is 0 Å². The lowest BCUT2D eigenvalue weighted by molar-refractivity contribution is -0.118. The number of anilines is 1. The third-order valence-electron chi connectivity index (χ3n) is 5.79. The number of hydrogen-bond acceptors (Lipinski definition) is 3. The molecule has 5 nitrogen and oxygen atoms in total. The first-order chi connectivity index (χ1) is 15.7. The standard InChI is InChI=1S/C27H28ClN3O2/c1-17(26(32)30-22-16-20(28)14-15-24(22)33-5)31-23-9-7-6-8-21(23)29-25(31)18-10-12-19(13-11-18)27(2,3)4/h6-17H,1-5H3,(H,30,32). The van der Waals surface area contributed by atoms with Crippen LogP contribution in [-0.4, -0.2) is 22.6 Å². The zero-order valence-electron chi connectivity index (χ0n) is 19.5. The Morgan fingerprint density at radius 3 is 2.42 bits per heavy atom. The first-order valence-corrected chi connectivity index (χ1v) is 11.3. The molecule has 0 aliphatic carbocycles. The molecule has 0 aliphatic rings. The number of nitrogens with one attached hydrogen (secondary N) is 1. The van der Waals surface area contributed by atoms with E-state index >= 15 is 0 Å². The summed E-state index contributed by atoms with van der Waals surface area (Å²) in [5, 5.41) is 3.49. The average Bonchev–Trinajstić information content (AvgIpc) is 3.18. The highest BCUT2D eigenvalue weighted by Gasteiger charge is 2.24. The number of carbonyl (C=O) groups is 1. The predicted octanol–water partition coefficient (Wildman–Crippen LogP) is 6.86. The molecule has 6 heteroatoms. The van der Waals surface area contributed by atoms with Crippen LogP contribution in [0.3, 0.4) is 0 Å². The summed E-state index contributed by atoms with van der Waals surface area (Å²) in [6.45, 7) is 8.43. The van der Waals surface area contributed by atoms with E-state index in [0.717, 1.165) is 22.4 Å². The van der Waals surface area contributed by atoms with Gasteiger partial charge in [-0.1, -0.05) is 68.8 Å². The highest BCUT2D eigenvalue weighted by molar-refractivity contribution is 6.31. The SMILES string of the molecule is COc1ccc(Cl)cc1NC(=O)C(C)n1c(-c2ccc(C(C)(C)C)cc2)nc2ccccc21. The third kappa shape index (κ3) is 4.60. The van der Waals surface area contributed by atoms with Crippen LogP contribution in [0.4, 0.5) is 5.69 Å². The number of amides is 1. The number of carbonyl (C=O) groups excluding carboxylic acids is 1. The molecule has 1 aromatic heterocycles. The van der Waals surface area contributed by atoms with E-state index < -0.39 is 6.04 Å². The van der Waals surface area contributed by atoms with Crippen molar-refractivity contribution in [3.63, 3.8) is 0 Å². The Morgan fingerprint density at radius 1 is 1.06 bits per heavy atom. The van der Waals surface area contributed by atoms with Crippen molar-refractivity contribution in [2.75, 3.05) is 12.4 Å². The van der Waals surface area contributed by atoms with Crippen molar-refractivity contribution in [1.82, 2.24) is 9.55 Å². The lowest BCUT2D eigenvalue weighted by Gasteiger charge is -2.20. The average molecular weight is 462 g/mol. The quantitative estimate of drug-likeness (QED) is 0.353. The van der Waals surface area contributed by atoms with Gasteiger partial charge in [-0.05, 0) is 48.2 Å². The lowest BCUT2D eigenvalue weighted by atomic mass is 9.86. The fraction of sp³-hybridized carbons (Fsp3) is 0.259. The van der Waals surface area contributed by atoms with Crippen LogP contribution in [0.2, 0.25) is 5.02 Å². The van der Waals surface area contributed by atoms with E-state index in [1.165, 1.54) is 5.56 Å². The molecular formula is C27H28ClN3O2. The Bertz CT molecular complexity index is 1300. The molecule has 0 saturated heterocycles. The maximum atomic E-state index is 13.3. The third-order valence-corrected chi connectivity index (χ3v) is 6.03. The van der Waals surface area contributed by atoms with Gasteiger partial charge in [0.25, 0.3) is 0 Å². The van der Waals surface area contributed by atoms with E-state index in [-0.39, 0.29) is 11.3 Å². The fourth-order valence-corrected chi connectivity index (χ4v) is 4.06. The molecule has 1 amide bonds. The van der Waals surface area contributed by atoms with E-state index in [9.17, 15) is 4.79 Å². The molecule has 0 bridgehead atoms. The largest absolute Gasteiger partial charge is 0.495 e. The molecule has 3 aromatic carbocycles. The lowest BCUT2D eigenvalue weighted by Crippen LogP contribution is -2.24. The molecule has 1 unspecified atom stereocenters. The van der Waals surface area contributed by atoms with Crippen LogP contribution in [0.25, 0.3) is 22.4 Å². The van der Waals surface area contributed by atoms with Gasteiger partial charge in [0.2, 0.25) is 5.91 Å². The maximum absolute atomic E-state index is 13.3. The van der Waals surface area contributed by atoms with Gasteiger partial charge in [0, 0.05) is 10.6 Å². The van der Waals surface area contributed by atoms with Crippen LogP contribution in [0.1, 0.15) is 39.3 Å². The minimum absolute atomic E-state index is 0.0574. The summed E-state index contributed by atoms with van der Waals surface area (Å²) in [4.78, 5) is 18.2. The number of ether oxygens (including phenoxy) is 1. The fourth-order valence-electron chi connectivity index (χ4n) is 3.89. The Morgan fingerprint density at radius 2 is 1.76 bits per heavy atom. The number of rotatable bonds is 5. The van der Waals surface area contributed by atoms with Crippen LogP contribution in [0.5, 0.6) is 5.75 Å². The van der Waals surface area contributed by atoms with Crippen LogP contribution in [-0.2, 0) is 10.2 Å². The number of hydrogen-bond donors (Lipinski definition) is 1. The van der Waals surface area contributed by atoms with Gasteiger partial charge in [-0.25, -0.2) is 4.98 Å². The van der Waals surface area contributed by atoms with Crippen LogP contribution >= 0.6 is 11.6 Å². The molecule has 170 valence electrons. The molecule has 0 saturated carbocycles. The smallest absolute Gasteiger partial charge is 0.247 e. The Hall–Kier alpha value is -3.31. The normalized spacial score (nSPS) is 12.5. The van der Waals surface area contributed by atoms with Crippen molar-refractivity contribution in [3.8, 4) is 17.1 Å². The highest BCUT2D eigenvalue weighted by atomic mass is 35.5. The summed E-state index contributed by atoms with van der Waals surface area (Å²) in [6.07, 6.45) is 0. The van der Waals surface area contributed by atoms with Crippen molar-refractivity contribution in [2.24, 2.45) is 0 Å². The van der Waals surface area contributed by atoms with E-state index in [1.54, 1.807) is 25.3 Å². The van der Waals surface area contributed by atoms with Crippen molar-refractivity contribution in [1.29, 1.82) is 0 Å². The zero-order valence-corrected chi connectivity index (χ0v) is 20.3. The first-order valence-electron chi connectivity index (χ1n) is 10.9. The summed E-state index contributed by atoms with van der Waals surface area (Å²) in [5.74, 6) is 1.11. The van der Waals surface area contributed by atoms with Gasteiger partial charge in [0.1, 0.15) is 17.6 Å². The van der Waals surface area contributed by atoms with E-state index in [1.807, 2.05) is 35.8 Å². The molecular weight excluding hydrogens is 434 g/mol. The van der Waals surface area contributed by atoms with E-state index in [4.69, 9.17) is 21.3 Å². The van der Waals surface area contributed by atoms with Crippen molar-refractivity contribution < 1.29 is 9.53 Å². The first kappa shape index (κ1) is 22.9. The molecule has 0 radical (unpaired) electrons. The number of aromatic nitrogens is 2. The second-order valence-corrected chi connectivity index (χ2v) is 9.57. The number of nitrogens with zero attached hydrogens (tertiary/aromatic N) is 2. The Labute approximate surface area is 199 Å². The predicted molar refractivity (Wildman–Crippen MR) is 135 cm³/mol. The zero-order chi connectivity index (χ0) is 23.8.